The van der Waals surface area contributed by atoms with Gasteiger partial charge >= 0.3 is 0 Å². The molecule has 1 aliphatic carbocycles. The molecule has 0 radical (unpaired) electrons. The van der Waals surface area contributed by atoms with Crippen molar-refractivity contribution in [1.29, 1.82) is 0 Å². The third-order valence-corrected chi connectivity index (χ3v) is 4.86. The van der Waals surface area contributed by atoms with Crippen molar-refractivity contribution < 1.29 is 4.79 Å². The lowest BCUT2D eigenvalue weighted by atomic mass is 9.87. The maximum atomic E-state index is 12.0. The van der Waals surface area contributed by atoms with Crippen LogP contribution in [0.2, 0.25) is 0 Å². The Morgan fingerprint density at radius 2 is 2.50 bits per heavy atom. The first-order chi connectivity index (χ1) is 8.74. The van der Waals surface area contributed by atoms with Crippen LogP contribution >= 0.6 is 11.3 Å². The average Bonchev–Trinajstić information content (AvgIpc) is 2.81. The summed E-state index contributed by atoms with van der Waals surface area (Å²) in [7, 11) is 0. The summed E-state index contributed by atoms with van der Waals surface area (Å²) < 4.78 is 0. The second-order valence-corrected chi connectivity index (χ2v) is 6.05. The van der Waals surface area contributed by atoms with Gasteiger partial charge in [0.1, 0.15) is 0 Å². The fourth-order valence-electron chi connectivity index (χ4n) is 2.43. The van der Waals surface area contributed by atoms with Crippen LogP contribution in [-0.2, 0) is 12.8 Å². The lowest BCUT2D eigenvalue weighted by Gasteiger charge is -2.19. The van der Waals surface area contributed by atoms with Gasteiger partial charge in [0.25, 0.3) is 5.91 Å². The molecule has 3 heteroatoms. The molecule has 2 rings (SSSR count). The number of carbonyl (C=O) groups is 1. The van der Waals surface area contributed by atoms with E-state index in [0.29, 0.717) is 6.54 Å². The highest BCUT2D eigenvalue weighted by molar-refractivity contribution is 7.14. The van der Waals surface area contributed by atoms with Gasteiger partial charge in [-0.25, -0.2) is 0 Å². The Bertz CT molecular complexity index is 436. The minimum atomic E-state index is 0.0734. The topological polar surface area (TPSA) is 29.1 Å². The van der Waals surface area contributed by atoms with Crippen molar-refractivity contribution in [3.05, 3.63) is 34.0 Å². The van der Waals surface area contributed by atoms with Gasteiger partial charge in [-0.05, 0) is 43.2 Å². The van der Waals surface area contributed by atoms with E-state index in [-0.39, 0.29) is 5.91 Å². The maximum Gasteiger partial charge on any atom is 0.261 e. The van der Waals surface area contributed by atoms with Crippen LogP contribution in [0.1, 0.15) is 46.3 Å². The summed E-state index contributed by atoms with van der Waals surface area (Å²) in [5, 5.41) is 2.93. The fourth-order valence-corrected chi connectivity index (χ4v) is 3.56. The second kappa shape index (κ2) is 6.19. The predicted molar refractivity (Wildman–Crippen MR) is 77.3 cm³/mol. The molecule has 0 fully saturated rings. The van der Waals surface area contributed by atoms with E-state index in [2.05, 4.69) is 24.9 Å². The van der Waals surface area contributed by atoms with Crippen LogP contribution in [0.25, 0.3) is 0 Å². The van der Waals surface area contributed by atoms with Crippen molar-refractivity contribution in [3.63, 3.8) is 0 Å². The summed E-state index contributed by atoms with van der Waals surface area (Å²) in [6, 6.07) is 2.10. The molecule has 1 atom stereocenters. The van der Waals surface area contributed by atoms with Crippen molar-refractivity contribution in [2.45, 2.75) is 39.0 Å². The van der Waals surface area contributed by atoms with Crippen LogP contribution in [0.15, 0.2) is 18.7 Å². The molecule has 0 aliphatic heterocycles. The smallest absolute Gasteiger partial charge is 0.261 e. The van der Waals surface area contributed by atoms with Gasteiger partial charge in [-0.1, -0.05) is 19.4 Å². The monoisotopic (exact) mass is 263 g/mol. The molecule has 0 spiro atoms. The molecule has 0 aromatic carbocycles. The molecule has 98 valence electrons. The highest BCUT2D eigenvalue weighted by atomic mass is 32.1. The highest BCUT2D eigenvalue weighted by Crippen LogP contribution is 2.33. The number of aryl methyl sites for hydroxylation is 1. The molecular formula is C15H21NOS. The SMILES string of the molecule is C=CCCNC(=O)c1cc2c(s1)CCC(CC)C2. The van der Waals surface area contributed by atoms with E-state index < -0.39 is 0 Å². The molecule has 1 amide bonds. The van der Waals surface area contributed by atoms with Crippen molar-refractivity contribution in [2.24, 2.45) is 5.92 Å². The standard InChI is InChI=1S/C15H21NOS/c1-3-5-8-16-15(17)14-10-12-9-11(4-2)6-7-13(12)18-14/h3,10-11H,1,4-9H2,2H3,(H,16,17). The summed E-state index contributed by atoms with van der Waals surface area (Å²) in [4.78, 5) is 14.3. The van der Waals surface area contributed by atoms with Crippen LogP contribution in [0.5, 0.6) is 0 Å². The van der Waals surface area contributed by atoms with Crippen molar-refractivity contribution >= 4 is 17.2 Å². The van der Waals surface area contributed by atoms with Gasteiger partial charge in [0, 0.05) is 11.4 Å². The first-order valence-corrected chi connectivity index (χ1v) is 7.57. The molecule has 0 saturated heterocycles. The van der Waals surface area contributed by atoms with Crippen LogP contribution in [-0.4, -0.2) is 12.5 Å². The molecule has 18 heavy (non-hydrogen) atoms. The number of fused-ring (bicyclic) bond motifs is 1. The van der Waals surface area contributed by atoms with E-state index in [4.69, 9.17) is 0 Å². The Hall–Kier alpha value is -1.09. The van der Waals surface area contributed by atoms with E-state index in [1.54, 1.807) is 11.3 Å². The first kappa shape index (κ1) is 13.3. The molecule has 2 nitrogen and oxygen atoms in total. The Morgan fingerprint density at radius 3 is 3.22 bits per heavy atom. The number of hydrogen-bond acceptors (Lipinski definition) is 2. The highest BCUT2D eigenvalue weighted by Gasteiger charge is 2.21. The number of amides is 1. The van der Waals surface area contributed by atoms with E-state index >= 15 is 0 Å². The fraction of sp³-hybridized carbons (Fsp3) is 0.533. The first-order valence-electron chi connectivity index (χ1n) is 6.75. The van der Waals surface area contributed by atoms with Crippen molar-refractivity contribution in [2.75, 3.05) is 6.54 Å². The predicted octanol–water partition coefficient (Wildman–Crippen LogP) is 3.57. The number of thiophene rings is 1. The molecule has 0 bridgehead atoms. The van der Waals surface area contributed by atoms with Crippen molar-refractivity contribution in [3.8, 4) is 0 Å². The number of carbonyl (C=O) groups excluding carboxylic acids is 1. The number of rotatable bonds is 5. The van der Waals surface area contributed by atoms with E-state index in [9.17, 15) is 4.79 Å². The Kier molecular flexibility index (Phi) is 4.59. The zero-order valence-corrected chi connectivity index (χ0v) is 11.8. The molecule has 0 saturated carbocycles. The number of nitrogens with one attached hydrogen (secondary N) is 1. The van der Waals surface area contributed by atoms with Gasteiger partial charge in [0.2, 0.25) is 0 Å². The van der Waals surface area contributed by atoms with Crippen LogP contribution in [0.4, 0.5) is 0 Å². The summed E-state index contributed by atoms with van der Waals surface area (Å²) in [5.74, 6) is 0.882. The molecule has 1 aromatic rings. The van der Waals surface area contributed by atoms with Crippen LogP contribution < -0.4 is 5.32 Å². The van der Waals surface area contributed by atoms with E-state index in [0.717, 1.165) is 30.1 Å². The quantitative estimate of drug-likeness (QED) is 0.638. The zero-order valence-electron chi connectivity index (χ0n) is 11.0. The van der Waals surface area contributed by atoms with Gasteiger partial charge in [0.05, 0.1) is 4.88 Å². The molecule has 1 heterocycles. The summed E-state index contributed by atoms with van der Waals surface area (Å²) in [5.41, 5.74) is 1.41. The van der Waals surface area contributed by atoms with Gasteiger partial charge in [0.15, 0.2) is 0 Å². The lowest BCUT2D eigenvalue weighted by Crippen LogP contribution is -2.23. The third kappa shape index (κ3) is 3.02. The molecule has 1 unspecified atom stereocenters. The minimum Gasteiger partial charge on any atom is -0.351 e. The summed E-state index contributed by atoms with van der Waals surface area (Å²) in [6.07, 6.45) is 7.48. The number of hydrogen-bond donors (Lipinski definition) is 1. The molecule has 1 N–H and O–H groups in total. The Labute approximate surface area is 113 Å². The van der Waals surface area contributed by atoms with E-state index in [1.165, 1.54) is 23.3 Å². The van der Waals surface area contributed by atoms with Crippen LogP contribution in [0, 0.1) is 5.92 Å². The maximum absolute atomic E-state index is 12.0. The largest absolute Gasteiger partial charge is 0.351 e. The van der Waals surface area contributed by atoms with Crippen LogP contribution in [0.3, 0.4) is 0 Å². The summed E-state index contributed by atoms with van der Waals surface area (Å²) >= 11 is 1.68. The van der Waals surface area contributed by atoms with Gasteiger partial charge < -0.3 is 5.32 Å². The van der Waals surface area contributed by atoms with Gasteiger partial charge in [-0.3, -0.25) is 4.79 Å². The van der Waals surface area contributed by atoms with Gasteiger partial charge in [-0.2, -0.15) is 0 Å². The summed E-state index contributed by atoms with van der Waals surface area (Å²) in [6.45, 7) is 6.59. The van der Waals surface area contributed by atoms with Gasteiger partial charge in [-0.15, -0.1) is 17.9 Å². The Balaban J connectivity index is 2.01. The van der Waals surface area contributed by atoms with E-state index in [1.807, 2.05) is 6.08 Å². The molecular weight excluding hydrogens is 242 g/mol. The minimum absolute atomic E-state index is 0.0734. The van der Waals surface area contributed by atoms with Crippen molar-refractivity contribution in [1.82, 2.24) is 5.32 Å². The Morgan fingerprint density at radius 1 is 1.67 bits per heavy atom. The zero-order chi connectivity index (χ0) is 13.0. The molecule has 1 aromatic heterocycles. The molecule has 1 aliphatic rings. The second-order valence-electron chi connectivity index (χ2n) is 4.91. The lowest BCUT2D eigenvalue weighted by molar-refractivity contribution is 0.0958. The average molecular weight is 263 g/mol. The third-order valence-electron chi connectivity index (χ3n) is 3.62. The normalized spacial score (nSPS) is 18.2.